The van der Waals surface area contributed by atoms with Gasteiger partial charge in [-0.05, 0) is 111 Å². The van der Waals surface area contributed by atoms with E-state index in [1.807, 2.05) is 0 Å². The number of benzene rings is 2. The zero-order chi connectivity index (χ0) is 25.1. The van der Waals surface area contributed by atoms with Gasteiger partial charge in [-0.15, -0.1) is 0 Å². The smallest absolute Gasteiger partial charge is 0.255 e. The summed E-state index contributed by atoms with van der Waals surface area (Å²) in [6, 6.07) is 13.9. The van der Waals surface area contributed by atoms with Crippen LogP contribution in [0.1, 0.15) is 61.7 Å². The summed E-state index contributed by atoms with van der Waals surface area (Å²) in [7, 11) is 1.59. The topological polar surface area (TPSA) is 96.5 Å². The Balaban J connectivity index is 1.03. The van der Waals surface area contributed by atoms with Gasteiger partial charge in [-0.2, -0.15) is 0 Å². The molecule has 3 amide bonds. The molecule has 4 fully saturated rings. The molecule has 7 heteroatoms. The molecule has 0 atom stereocenters. The predicted molar refractivity (Wildman–Crippen MR) is 139 cm³/mol. The highest BCUT2D eigenvalue weighted by molar-refractivity contribution is 6.04. The number of rotatable bonds is 9. The van der Waals surface area contributed by atoms with Crippen LogP contribution in [-0.2, 0) is 9.59 Å². The quantitative estimate of drug-likeness (QED) is 0.432. The Labute approximate surface area is 212 Å². The van der Waals surface area contributed by atoms with Crippen molar-refractivity contribution in [1.82, 2.24) is 5.32 Å². The van der Waals surface area contributed by atoms with Gasteiger partial charge < -0.3 is 20.7 Å². The van der Waals surface area contributed by atoms with E-state index in [-0.39, 0.29) is 23.1 Å². The molecular weight excluding hydrogens is 454 g/mol. The van der Waals surface area contributed by atoms with Crippen LogP contribution in [0.3, 0.4) is 0 Å². The first kappa shape index (κ1) is 24.3. The number of anilines is 2. The molecule has 0 heterocycles. The highest BCUT2D eigenvalue weighted by Crippen LogP contribution is 2.60. The Morgan fingerprint density at radius 1 is 0.833 bits per heavy atom. The van der Waals surface area contributed by atoms with E-state index in [4.69, 9.17) is 4.74 Å². The second-order valence-corrected chi connectivity index (χ2v) is 10.9. The van der Waals surface area contributed by atoms with Gasteiger partial charge in [0.2, 0.25) is 11.8 Å². The largest absolute Gasteiger partial charge is 0.497 e. The minimum atomic E-state index is -0.229. The first-order valence-corrected chi connectivity index (χ1v) is 13.1. The van der Waals surface area contributed by atoms with E-state index in [1.54, 1.807) is 55.6 Å². The van der Waals surface area contributed by atoms with Gasteiger partial charge in [0.25, 0.3) is 5.91 Å². The van der Waals surface area contributed by atoms with Gasteiger partial charge in [0.05, 0.1) is 7.11 Å². The zero-order valence-corrected chi connectivity index (χ0v) is 20.8. The lowest BCUT2D eigenvalue weighted by molar-refractivity contribution is -0.146. The van der Waals surface area contributed by atoms with Crippen LogP contribution < -0.4 is 20.7 Å². The standard InChI is InChI=1S/C29H35N3O4/c1-36-25-10-8-24(9-11-25)32-27(34)22-4-6-23(7-5-22)31-26(33)3-2-12-30-28(35)29-16-19-13-20(17-29)15-21(14-19)18-29/h4-11,19-21H,2-3,12-18H2,1H3,(H,30,35)(H,31,33)(H,32,34). The molecule has 0 saturated heterocycles. The summed E-state index contributed by atoms with van der Waals surface area (Å²) in [5.74, 6) is 2.83. The molecule has 4 aliphatic rings. The van der Waals surface area contributed by atoms with E-state index in [0.717, 1.165) is 42.8 Å². The van der Waals surface area contributed by atoms with E-state index in [1.165, 1.54) is 19.3 Å². The van der Waals surface area contributed by atoms with Crippen molar-refractivity contribution in [2.24, 2.45) is 23.2 Å². The maximum absolute atomic E-state index is 13.0. The van der Waals surface area contributed by atoms with Crippen LogP contribution in [0.2, 0.25) is 0 Å². The van der Waals surface area contributed by atoms with Gasteiger partial charge in [0.15, 0.2) is 0 Å². The molecule has 0 aromatic heterocycles. The molecule has 7 nitrogen and oxygen atoms in total. The highest BCUT2D eigenvalue weighted by atomic mass is 16.5. The molecule has 190 valence electrons. The van der Waals surface area contributed by atoms with Crippen molar-refractivity contribution >= 4 is 29.1 Å². The van der Waals surface area contributed by atoms with E-state index in [2.05, 4.69) is 16.0 Å². The van der Waals surface area contributed by atoms with Crippen LogP contribution in [0, 0.1) is 23.2 Å². The van der Waals surface area contributed by atoms with Crippen molar-refractivity contribution in [2.45, 2.75) is 51.4 Å². The number of hydrogen-bond acceptors (Lipinski definition) is 4. The van der Waals surface area contributed by atoms with Gasteiger partial charge in [-0.3, -0.25) is 14.4 Å². The molecule has 0 spiro atoms. The number of nitrogens with one attached hydrogen (secondary N) is 3. The molecule has 6 rings (SSSR count). The first-order valence-electron chi connectivity index (χ1n) is 13.1. The summed E-state index contributed by atoms with van der Waals surface area (Å²) in [5, 5.41) is 8.84. The minimum Gasteiger partial charge on any atom is -0.497 e. The van der Waals surface area contributed by atoms with Crippen LogP contribution in [0.15, 0.2) is 48.5 Å². The van der Waals surface area contributed by atoms with Crippen LogP contribution in [0.25, 0.3) is 0 Å². The monoisotopic (exact) mass is 489 g/mol. The molecule has 2 aromatic carbocycles. The molecule has 4 saturated carbocycles. The Bertz CT molecular complexity index is 1080. The first-order chi connectivity index (χ1) is 17.4. The third kappa shape index (κ3) is 5.40. The van der Waals surface area contributed by atoms with E-state index in [9.17, 15) is 14.4 Å². The van der Waals surface area contributed by atoms with Crippen LogP contribution in [0.5, 0.6) is 5.75 Å². The number of ether oxygens (including phenoxy) is 1. The van der Waals surface area contributed by atoms with Crippen molar-refractivity contribution in [1.29, 1.82) is 0 Å². The summed E-state index contributed by atoms with van der Waals surface area (Å²) in [4.78, 5) is 37.9. The number of amides is 3. The Hall–Kier alpha value is -3.35. The second kappa shape index (κ2) is 10.3. The summed E-state index contributed by atoms with van der Waals surface area (Å²) >= 11 is 0. The number of hydrogen-bond donors (Lipinski definition) is 3. The van der Waals surface area contributed by atoms with Crippen molar-refractivity contribution in [2.75, 3.05) is 24.3 Å². The van der Waals surface area contributed by atoms with Crippen LogP contribution in [-0.4, -0.2) is 31.4 Å². The molecule has 0 radical (unpaired) electrons. The summed E-state index contributed by atoms with van der Waals surface area (Å²) in [5.41, 5.74) is 1.67. The number of carbonyl (C=O) groups is 3. The Morgan fingerprint density at radius 2 is 1.39 bits per heavy atom. The van der Waals surface area contributed by atoms with Gasteiger partial charge in [0, 0.05) is 35.3 Å². The zero-order valence-electron chi connectivity index (χ0n) is 20.8. The molecule has 0 unspecified atom stereocenters. The van der Waals surface area contributed by atoms with Gasteiger partial charge in [-0.1, -0.05) is 0 Å². The number of methoxy groups -OCH3 is 1. The fraction of sp³-hybridized carbons (Fsp3) is 0.483. The molecule has 2 aromatic rings. The molecule has 4 aliphatic carbocycles. The van der Waals surface area contributed by atoms with Gasteiger partial charge >= 0.3 is 0 Å². The predicted octanol–water partition coefficient (Wildman–Crippen LogP) is 5.00. The van der Waals surface area contributed by atoms with E-state index in [0.29, 0.717) is 36.3 Å². The lowest BCUT2D eigenvalue weighted by Gasteiger charge is -2.55. The summed E-state index contributed by atoms with van der Waals surface area (Å²) < 4.78 is 5.12. The molecule has 3 N–H and O–H groups in total. The van der Waals surface area contributed by atoms with Crippen molar-refractivity contribution in [3.63, 3.8) is 0 Å². The average Bonchev–Trinajstić information content (AvgIpc) is 2.86. The third-order valence-electron chi connectivity index (χ3n) is 8.16. The van der Waals surface area contributed by atoms with Crippen LogP contribution >= 0.6 is 0 Å². The van der Waals surface area contributed by atoms with E-state index < -0.39 is 0 Å². The summed E-state index contributed by atoms with van der Waals surface area (Å²) in [6.45, 7) is 0.526. The van der Waals surface area contributed by atoms with Crippen molar-refractivity contribution in [3.05, 3.63) is 54.1 Å². The second-order valence-electron chi connectivity index (χ2n) is 10.9. The van der Waals surface area contributed by atoms with E-state index >= 15 is 0 Å². The summed E-state index contributed by atoms with van der Waals surface area (Å²) in [6.07, 6.45) is 8.06. The van der Waals surface area contributed by atoms with Gasteiger partial charge in [0.1, 0.15) is 5.75 Å². The fourth-order valence-corrected chi connectivity index (χ4v) is 6.83. The van der Waals surface area contributed by atoms with Crippen molar-refractivity contribution < 1.29 is 19.1 Å². The molecule has 4 bridgehead atoms. The maximum Gasteiger partial charge on any atom is 0.255 e. The minimum absolute atomic E-state index is 0.102. The molecule has 0 aliphatic heterocycles. The normalized spacial score (nSPS) is 25.8. The highest BCUT2D eigenvalue weighted by Gasteiger charge is 2.54. The maximum atomic E-state index is 13.0. The average molecular weight is 490 g/mol. The Kier molecular flexibility index (Phi) is 6.99. The number of carbonyl (C=O) groups excluding carboxylic acids is 3. The Morgan fingerprint density at radius 3 is 1.97 bits per heavy atom. The van der Waals surface area contributed by atoms with Gasteiger partial charge in [-0.25, -0.2) is 0 Å². The van der Waals surface area contributed by atoms with Crippen LogP contribution in [0.4, 0.5) is 11.4 Å². The fourth-order valence-electron chi connectivity index (χ4n) is 6.83. The molecule has 36 heavy (non-hydrogen) atoms. The lowest BCUT2D eigenvalue weighted by Crippen LogP contribution is -2.53. The van der Waals surface area contributed by atoms with Crippen molar-refractivity contribution in [3.8, 4) is 5.75 Å². The lowest BCUT2D eigenvalue weighted by atomic mass is 9.49. The third-order valence-corrected chi connectivity index (χ3v) is 8.16. The SMILES string of the molecule is COc1ccc(NC(=O)c2ccc(NC(=O)CCCNC(=O)C34CC5CC(CC(C5)C3)C4)cc2)cc1. The molecular formula is C29H35N3O4.